The van der Waals surface area contributed by atoms with E-state index in [0.717, 1.165) is 12.1 Å². The van der Waals surface area contributed by atoms with Crippen molar-refractivity contribution in [2.45, 2.75) is 13.1 Å². The van der Waals surface area contributed by atoms with Crippen molar-refractivity contribution in [2.75, 3.05) is 5.32 Å². The number of rotatable bonds is 2. The number of nitrogens with one attached hydrogen (secondary N) is 2. The number of carbonyl (C=O) groups is 1. The molecule has 0 aliphatic heterocycles. The van der Waals surface area contributed by atoms with Crippen LogP contribution in [0.1, 0.15) is 21.6 Å². The Bertz CT molecular complexity index is 652. The number of alkyl halides is 3. The lowest BCUT2D eigenvalue weighted by Crippen LogP contribution is -2.17. The van der Waals surface area contributed by atoms with Crippen molar-refractivity contribution in [3.8, 4) is 0 Å². The predicted molar refractivity (Wildman–Crippen MR) is 67.7 cm³/mol. The molecule has 20 heavy (non-hydrogen) atoms. The minimum atomic E-state index is -4.61. The zero-order valence-electron chi connectivity index (χ0n) is 10.2. The smallest absolute Gasteiger partial charge is 0.321 e. The van der Waals surface area contributed by atoms with E-state index in [9.17, 15) is 18.0 Å². The predicted octanol–water partition coefficient (Wildman–Crippen LogP) is 3.64. The summed E-state index contributed by atoms with van der Waals surface area (Å²) in [6.45, 7) is 1.59. The first kappa shape index (κ1) is 14.4. The van der Waals surface area contributed by atoms with Crippen LogP contribution < -0.4 is 5.32 Å². The van der Waals surface area contributed by atoms with Crippen LogP contribution in [-0.4, -0.2) is 16.1 Å². The first-order valence-electron chi connectivity index (χ1n) is 5.47. The van der Waals surface area contributed by atoms with Crippen molar-refractivity contribution in [1.29, 1.82) is 0 Å². The number of hydrogen-bond acceptors (Lipinski definition) is 2. The van der Waals surface area contributed by atoms with Crippen LogP contribution in [0.4, 0.5) is 18.9 Å². The van der Waals surface area contributed by atoms with E-state index in [1.165, 1.54) is 12.3 Å². The average molecular weight is 304 g/mol. The summed E-state index contributed by atoms with van der Waals surface area (Å²) in [6, 6.07) is 3.15. The van der Waals surface area contributed by atoms with Crippen molar-refractivity contribution in [3.05, 3.63) is 46.2 Å². The number of nitrogens with zero attached hydrogens (tertiary/aromatic N) is 1. The van der Waals surface area contributed by atoms with Gasteiger partial charge >= 0.3 is 6.18 Å². The number of hydrogen-bond donors (Lipinski definition) is 2. The van der Waals surface area contributed by atoms with E-state index in [1.54, 1.807) is 6.92 Å². The Morgan fingerprint density at radius 3 is 2.65 bits per heavy atom. The summed E-state index contributed by atoms with van der Waals surface area (Å²) in [4.78, 5) is 11.9. The molecule has 1 aromatic carbocycles. The fourth-order valence-corrected chi connectivity index (χ4v) is 1.80. The number of carbonyl (C=O) groups excluding carboxylic acids is 1. The van der Waals surface area contributed by atoms with Crippen LogP contribution in [0.3, 0.4) is 0 Å². The number of halogens is 4. The molecule has 106 valence electrons. The minimum Gasteiger partial charge on any atom is -0.321 e. The van der Waals surface area contributed by atoms with E-state index in [-0.39, 0.29) is 16.3 Å². The van der Waals surface area contributed by atoms with Gasteiger partial charge in [-0.3, -0.25) is 9.89 Å². The van der Waals surface area contributed by atoms with Crippen LogP contribution in [0.15, 0.2) is 24.4 Å². The van der Waals surface area contributed by atoms with Crippen LogP contribution in [0.2, 0.25) is 5.02 Å². The van der Waals surface area contributed by atoms with E-state index in [0.29, 0.717) is 5.69 Å². The van der Waals surface area contributed by atoms with Crippen molar-refractivity contribution in [1.82, 2.24) is 10.2 Å². The third-order valence-electron chi connectivity index (χ3n) is 2.61. The van der Waals surface area contributed by atoms with Gasteiger partial charge in [0.1, 0.15) is 0 Å². The SMILES string of the molecule is Cc1[nH]ncc1C(=O)Nc1ccc(Cl)cc1C(F)(F)F. The molecule has 4 nitrogen and oxygen atoms in total. The van der Waals surface area contributed by atoms with E-state index >= 15 is 0 Å². The molecule has 0 saturated carbocycles. The summed E-state index contributed by atoms with van der Waals surface area (Å²) >= 11 is 5.56. The van der Waals surface area contributed by atoms with E-state index < -0.39 is 17.6 Å². The molecular weight excluding hydrogens is 295 g/mol. The van der Waals surface area contributed by atoms with Crippen LogP contribution in [0, 0.1) is 6.92 Å². The molecule has 8 heteroatoms. The lowest BCUT2D eigenvalue weighted by Gasteiger charge is -2.14. The molecule has 0 fully saturated rings. The average Bonchev–Trinajstić information content (AvgIpc) is 2.76. The molecule has 0 aliphatic rings. The number of aromatic nitrogens is 2. The van der Waals surface area contributed by atoms with Crippen molar-refractivity contribution >= 4 is 23.2 Å². The highest BCUT2D eigenvalue weighted by molar-refractivity contribution is 6.30. The van der Waals surface area contributed by atoms with Gasteiger partial charge < -0.3 is 5.32 Å². The topological polar surface area (TPSA) is 57.8 Å². The van der Waals surface area contributed by atoms with Gasteiger partial charge in [-0.15, -0.1) is 0 Å². The summed E-state index contributed by atoms with van der Waals surface area (Å²) in [5, 5.41) is 8.33. The summed E-state index contributed by atoms with van der Waals surface area (Å²) in [7, 11) is 0. The van der Waals surface area contributed by atoms with Crippen LogP contribution in [0.5, 0.6) is 0 Å². The summed E-state index contributed by atoms with van der Waals surface area (Å²) in [5.74, 6) is -0.677. The third-order valence-corrected chi connectivity index (χ3v) is 2.84. The number of H-pyrrole nitrogens is 1. The maximum absolute atomic E-state index is 12.9. The molecule has 0 radical (unpaired) electrons. The normalized spacial score (nSPS) is 11.4. The van der Waals surface area contributed by atoms with Gasteiger partial charge in [0.05, 0.1) is 23.0 Å². The molecule has 0 saturated heterocycles. The second-order valence-electron chi connectivity index (χ2n) is 4.05. The molecule has 2 rings (SSSR count). The quantitative estimate of drug-likeness (QED) is 0.890. The second-order valence-corrected chi connectivity index (χ2v) is 4.49. The first-order valence-corrected chi connectivity index (χ1v) is 5.85. The Kier molecular flexibility index (Phi) is 3.71. The molecule has 2 N–H and O–H groups in total. The lowest BCUT2D eigenvalue weighted by atomic mass is 10.1. The van der Waals surface area contributed by atoms with E-state index in [2.05, 4.69) is 15.5 Å². The van der Waals surface area contributed by atoms with Crippen molar-refractivity contribution < 1.29 is 18.0 Å². The fourth-order valence-electron chi connectivity index (χ4n) is 1.63. The molecule has 0 unspecified atom stereocenters. The third kappa shape index (κ3) is 2.93. The van der Waals surface area contributed by atoms with Gasteiger partial charge in [0.25, 0.3) is 5.91 Å². The number of aromatic amines is 1. The van der Waals surface area contributed by atoms with Gasteiger partial charge in [-0.2, -0.15) is 18.3 Å². The van der Waals surface area contributed by atoms with E-state index in [1.807, 2.05) is 0 Å². The van der Waals surface area contributed by atoms with Gasteiger partial charge in [0.15, 0.2) is 0 Å². The summed E-state index contributed by atoms with van der Waals surface area (Å²) in [6.07, 6.45) is -3.37. The number of anilines is 1. The Hall–Kier alpha value is -2.02. The minimum absolute atomic E-state index is 0.0604. The Morgan fingerprint density at radius 2 is 2.10 bits per heavy atom. The molecule has 2 aromatic rings. The highest BCUT2D eigenvalue weighted by Crippen LogP contribution is 2.36. The van der Waals surface area contributed by atoms with Crippen molar-refractivity contribution in [2.24, 2.45) is 0 Å². The van der Waals surface area contributed by atoms with Crippen LogP contribution >= 0.6 is 11.6 Å². The standard InChI is InChI=1S/C12H9ClF3N3O/c1-6-8(5-17-19-6)11(20)18-10-3-2-7(13)4-9(10)12(14,15)16/h2-5H,1H3,(H,17,19)(H,18,20). The molecule has 1 amide bonds. The van der Waals surface area contributed by atoms with E-state index in [4.69, 9.17) is 11.6 Å². The maximum Gasteiger partial charge on any atom is 0.418 e. The fraction of sp³-hybridized carbons (Fsp3) is 0.167. The van der Waals surface area contributed by atoms with Gasteiger partial charge in [-0.05, 0) is 25.1 Å². The molecule has 0 bridgehead atoms. The molecule has 0 aliphatic carbocycles. The van der Waals surface area contributed by atoms with Gasteiger partial charge in [-0.25, -0.2) is 0 Å². The summed E-state index contributed by atoms with van der Waals surface area (Å²) in [5.41, 5.74) is -0.718. The maximum atomic E-state index is 12.9. The highest BCUT2D eigenvalue weighted by atomic mass is 35.5. The van der Waals surface area contributed by atoms with Gasteiger partial charge in [-0.1, -0.05) is 11.6 Å². The van der Waals surface area contributed by atoms with Gasteiger partial charge in [0.2, 0.25) is 0 Å². The highest BCUT2D eigenvalue weighted by Gasteiger charge is 2.34. The molecule has 0 spiro atoms. The number of benzene rings is 1. The number of amides is 1. The largest absolute Gasteiger partial charge is 0.418 e. The Morgan fingerprint density at radius 1 is 1.40 bits per heavy atom. The second kappa shape index (κ2) is 5.16. The monoisotopic (exact) mass is 303 g/mol. The van der Waals surface area contributed by atoms with Crippen LogP contribution in [-0.2, 0) is 6.18 Å². The lowest BCUT2D eigenvalue weighted by molar-refractivity contribution is -0.136. The number of aryl methyl sites for hydroxylation is 1. The zero-order valence-corrected chi connectivity index (χ0v) is 10.9. The van der Waals surface area contributed by atoms with Gasteiger partial charge in [0, 0.05) is 10.7 Å². The zero-order chi connectivity index (χ0) is 14.9. The first-order chi connectivity index (χ1) is 9.29. The Balaban J connectivity index is 2.35. The molecule has 1 aromatic heterocycles. The van der Waals surface area contributed by atoms with Crippen LogP contribution in [0.25, 0.3) is 0 Å². The van der Waals surface area contributed by atoms with Crippen molar-refractivity contribution in [3.63, 3.8) is 0 Å². The molecular formula is C12H9ClF3N3O. The summed E-state index contributed by atoms with van der Waals surface area (Å²) < 4.78 is 38.6. The molecule has 0 atom stereocenters. The molecule has 1 heterocycles. The Labute approximate surface area is 116 Å².